The molecule has 0 heterocycles. The van der Waals surface area contributed by atoms with Gasteiger partial charge in [0, 0.05) is 12.0 Å². The average Bonchev–Trinajstić information content (AvgIpc) is 2.23. The minimum atomic E-state index is -0.385. The SMILES string of the molecule is CCCNC(C)(CC(N)=O)c1c(C)cc(C)cc1C. The van der Waals surface area contributed by atoms with Crippen LogP contribution in [0.2, 0.25) is 0 Å². The predicted octanol–water partition coefficient (Wildman–Crippen LogP) is 2.70. The molecule has 0 radical (unpaired) electrons. The van der Waals surface area contributed by atoms with E-state index >= 15 is 0 Å². The summed E-state index contributed by atoms with van der Waals surface area (Å²) in [6, 6.07) is 4.32. The van der Waals surface area contributed by atoms with Gasteiger partial charge in [0.1, 0.15) is 0 Å². The minimum absolute atomic E-state index is 0.273. The summed E-state index contributed by atoms with van der Waals surface area (Å²) in [4.78, 5) is 11.4. The van der Waals surface area contributed by atoms with Gasteiger partial charge in [-0.15, -0.1) is 0 Å². The molecule has 0 spiro atoms. The summed E-state index contributed by atoms with van der Waals surface area (Å²) in [5, 5.41) is 3.49. The lowest BCUT2D eigenvalue weighted by molar-refractivity contribution is -0.119. The molecule has 0 aliphatic rings. The number of benzene rings is 1. The Hall–Kier alpha value is -1.35. The minimum Gasteiger partial charge on any atom is -0.370 e. The van der Waals surface area contributed by atoms with Crippen LogP contribution in [0.1, 0.15) is 48.9 Å². The molecule has 1 aromatic carbocycles. The molecular formula is C16H26N2O. The zero-order valence-electron chi connectivity index (χ0n) is 12.8. The molecule has 19 heavy (non-hydrogen) atoms. The fourth-order valence-electron chi connectivity index (χ4n) is 3.04. The molecule has 3 heteroatoms. The van der Waals surface area contributed by atoms with Gasteiger partial charge in [0.25, 0.3) is 0 Å². The van der Waals surface area contributed by atoms with Gasteiger partial charge in [-0.1, -0.05) is 24.6 Å². The van der Waals surface area contributed by atoms with Crippen LogP contribution in [0, 0.1) is 20.8 Å². The van der Waals surface area contributed by atoms with Gasteiger partial charge in [-0.25, -0.2) is 0 Å². The highest BCUT2D eigenvalue weighted by Gasteiger charge is 2.30. The topological polar surface area (TPSA) is 55.1 Å². The molecule has 1 aromatic rings. The third-order valence-electron chi connectivity index (χ3n) is 3.52. The molecule has 3 N–H and O–H groups in total. The van der Waals surface area contributed by atoms with Gasteiger partial charge in [-0.2, -0.15) is 0 Å². The van der Waals surface area contributed by atoms with Gasteiger partial charge in [-0.3, -0.25) is 4.79 Å². The number of rotatable bonds is 6. The van der Waals surface area contributed by atoms with Crippen molar-refractivity contribution in [3.8, 4) is 0 Å². The van der Waals surface area contributed by atoms with Gasteiger partial charge in [0.2, 0.25) is 5.91 Å². The van der Waals surface area contributed by atoms with Crippen molar-refractivity contribution >= 4 is 5.91 Å². The number of nitrogens with two attached hydrogens (primary N) is 1. The second-order valence-electron chi connectivity index (χ2n) is 5.68. The van der Waals surface area contributed by atoms with E-state index in [0.717, 1.165) is 13.0 Å². The average molecular weight is 262 g/mol. The third kappa shape index (κ3) is 3.80. The van der Waals surface area contributed by atoms with E-state index in [9.17, 15) is 4.79 Å². The first kappa shape index (κ1) is 15.7. The third-order valence-corrected chi connectivity index (χ3v) is 3.52. The van der Waals surface area contributed by atoms with E-state index in [2.05, 4.69) is 52.1 Å². The van der Waals surface area contributed by atoms with Crippen molar-refractivity contribution in [2.24, 2.45) is 5.73 Å². The molecule has 0 bridgehead atoms. The van der Waals surface area contributed by atoms with E-state index in [1.54, 1.807) is 0 Å². The van der Waals surface area contributed by atoms with Crippen molar-refractivity contribution < 1.29 is 4.79 Å². The summed E-state index contributed by atoms with van der Waals surface area (Å²) in [5.41, 5.74) is 9.92. The number of amides is 1. The zero-order chi connectivity index (χ0) is 14.6. The highest BCUT2D eigenvalue weighted by molar-refractivity contribution is 5.75. The molecule has 1 atom stereocenters. The standard InChI is InChI=1S/C16H26N2O/c1-6-7-18-16(5,10-14(17)19)15-12(3)8-11(2)9-13(15)4/h8-9,18H,6-7,10H2,1-5H3,(H2,17,19). The largest absolute Gasteiger partial charge is 0.370 e. The van der Waals surface area contributed by atoms with Crippen molar-refractivity contribution in [2.45, 2.75) is 53.0 Å². The maximum atomic E-state index is 11.4. The highest BCUT2D eigenvalue weighted by Crippen LogP contribution is 2.31. The van der Waals surface area contributed by atoms with E-state index in [-0.39, 0.29) is 11.4 Å². The van der Waals surface area contributed by atoms with Crippen LogP contribution in [0.4, 0.5) is 0 Å². The Kier molecular flexibility index (Phi) is 5.12. The first-order valence-corrected chi connectivity index (χ1v) is 6.92. The molecule has 0 fully saturated rings. The number of primary amides is 1. The van der Waals surface area contributed by atoms with Crippen LogP contribution in [-0.4, -0.2) is 12.5 Å². The molecule has 0 aliphatic carbocycles. The smallest absolute Gasteiger partial charge is 0.219 e. The molecular weight excluding hydrogens is 236 g/mol. The lowest BCUT2D eigenvalue weighted by Gasteiger charge is -2.33. The van der Waals surface area contributed by atoms with Crippen molar-refractivity contribution in [3.63, 3.8) is 0 Å². The Morgan fingerprint density at radius 2 is 1.79 bits per heavy atom. The van der Waals surface area contributed by atoms with Crippen molar-refractivity contribution in [1.82, 2.24) is 5.32 Å². The first-order valence-electron chi connectivity index (χ1n) is 6.92. The van der Waals surface area contributed by atoms with Crippen LogP contribution in [-0.2, 0) is 10.3 Å². The monoisotopic (exact) mass is 262 g/mol. The Morgan fingerprint density at radius 1 is 1.26 bits per heavy atom. The Bertz CT molecular complexity index is 445. The van der Waals surface area contributed by atoms with Gasteiger partial charge in [-0.05, 0) is 57.4 Å². The molecule has 0 saturated carbocycles. The summed E-state index contributed by atoms with van der Waals surface area (Å²) >= 11 is 0. The van der Waals surface area contributed by atoms with Gasteiger partial charge in [0.05, 0.1) is 0 Å². The predicted molar refractivity (Wildman–Crippen MR) is 80.1 cm³/mol. The van der Waals surface area contributed by atoms with Gasteiger partial charge in [0.15, 0.2) is 0 Å². The van der Waals surface area contributed by atoms with Crippen LogP contribution < -0.4 is 11.1 Å². The normalized spacial score (nSPS) is 14.2. The van der Waals surface area contributed by atoms with Crippen molar-refractivity contribution in [1.29, 1.82) is 0 Å². The quantitative estimate of drug-likeness (QED) is 0.828. The summed E-state index contributed by atoms with van der Waals surface area (Å²) in [7, 11) is 0. The maximum Gasteiger partial charge on any atom is 0.219 e. The number of carbonyl (C=O) groups excluding carboxylic acids is 1. The lowest BCUT2D eigenvalue weighted by Crippen LogP contribution is -2.44. The van der Waals surface area contributed by atoms with E-state index < -0.39 is 0 Å². The molecule has 0 saturated heterocycles. The van der Waals surface area contributed by atoms with Crippen molar-refractivity contribution in [2.75, 3.05) is 6.54 Å². The number of nitrogens with one attached hydrogen (secondary N) is 1. The van der Waals surface area contributed by atoms with Crippen LogP contribution in [0.5, 0.6) is 0 Å². The molecule has 1 rings (SSSR count). The molecule has 0 aliphatic heterocycles. The Labute approximate surface area is 116 Å². The summed E-state index contributed by atoms with van der Waals surface area (Å²) in [6.45, 7) is 11.3. The summed E-state index contributed by atoms with van der Waals surface area (Å²) in [5.74, 6) is -0.273. The number of hydrogen-bond acceptors (Lipinski definition) is 2. The Balaban J connectivity index is 3.27. The number of hydrogen-bond donors (Lipinski definition) is 2. The van der Waals surface area contributed by atoms with Crippen LogP contribution >= 0.6 is 0 Å². The lowest BCUT2D eigenvalue weighted by atomic mass is 9.81. The molecule has 1 unspecified atom stereocenters. The van der Waals surface area contributed by atoms with Crippen LogP contribution in [0.3, 0.4) is 0 Å². The molecule has 0 aromatic heterocycles. The number of aryl methyl sites for hydroxylation is 3. The zero-order valence-corrected chi connectivity index (χ0v) is 12.8. The Morgan fingerprint density at radius 3 is 2.21 bits per heavy atom. The maximum absolute atomic E-state index is 11.4. The highest BCUT2D eigenvalue weighted by atomic mass is 16.1. The van der Waals surface area contributed by atoms with E-state index in [4.69, 9.17) is 5.73 Å². The fraction of sp³-hybridized carbons (Fsp3) is 0.562. The molecule has 106 valence electrons. The van der Waals surface area contributed by atoms with E-state index in [1.165, 1.54) is 22.3 Å². The van der Waals surface area contributed by atoms with Crippen LogP contribution in [0.25, 0.3) is 0 Å². The van der Waals surface area contributed by atoms with E-state index in [0.29, 0.717) is 6.42 Å². The second-order valence-corrected chi connectivity index (χ2v) is 5.68. The second kappa shape index (κ2) is 6.20. The van der Waals surface area contributed by atoms with Gasteiger partial charge < -0.3 is 11.1 Å². The van der Waals surface area contributed by atoms with E-state index in [1.807, 2.05) is 0 Å². The molecule has 3 nitrogen and oxygen atoms in total. The van der Waals surface area contributed by atoms with Crippen LogP contribution in [0.15, 0.2) is 12.1 Å². The van der Waals surface area contributed by atoms with Crippen molar-refractivity contribution in [3.05, 3.63) is 34.4 Å². The molecule has 1 amide bonds. The van der Waals surface area contributed by atoms with Gasteiger partial charge >= 0.3 is 0 Å². The first-order chi connectivity index (χ1) is 8.80. The number of carbonyl (C=O) groups is 1. The summed E-state index contributed by atoms with van der Waals surface area (Å²) in [6.07, 6.45) is 1.34. The fourth-order valence-corrected chi connectivity index (χ4v) is 3.04. The summed E-state index contributed by atoms with van der Waals surface area (Å²) < 4.78 is 0.